The maximum absolute atomic E-state index is 13.5. The summed E-state index contributed by atoms with van der Waals surface area (Å²) in [4.78, 5) is 23.7. The summed E-state index contributed by atoms with van der Waals surface area (Å²) in [6.45, 7) is 6.77. The number of H-pyrrole nitrogens is 1. The first-order chi connectivity index (χ1) is 19.5. The predicted octanol–water partition coefficient (Wildman–Crippen LogP) is 5.98. The zero-order valence-corrected chi connectivity index (χ0v) is 23.6. The zero-order valence-electron chi connectivity index (χ0n) is 22.8. The van der Waals surface area contributed by atoms with Crippen molar-refractivity contribution in [1.82, 2.24) is 19.7 Å². The monoisotopic (exact) mass is 558 g/mol. The SMILES string of the molecule is CN1CCN(CCCOc2ccc(C3c4[nH]c5ccc(Cl)cc5c4CCN3C(=O)Oc3ccccc3)cc2)CC1. The second-order valence-electron chi connectivity index (χ2n) is 10.7. The van der Waals surface area contributed by atoms with Crippen molar-refractivity contribution >= 4 is 28.6 Å². The van der Waals surface area contributed by atoms with Gasteiger partial charge in [0.2, 0.25) is 0 Å². The molecular weight excluding hydrogens is 524 g/mol. The molecule has 0 spiro atoms. The lowest BCUT2D eigenvalue weighted by Gasteiger charge is -2.35. The van der Waals surface area contributed by atoms with Crippen LogP contribution in [0.2, 0.25) is 5.02 Å². The molecule has 1 N–H and O–H groups in total. The van der Waals surface area contributed by atoms with Gasteiger partial charge in [0.05, 0.1) is 6.61 Å². The van der Waals surface area contributed by atoms with E-state index in [1.54, 1.807) is 17.0 Å². The topological polar surface area (TPSA) is 61.0 Å². The number of para-hydroxylation sites is 1. The number of nitrogens with zero attached hydrogens (tertiary/aromatic N) is 3. The summed E-state index contributed by atoms with van der Waals surface area (Å²) in [5.41, 5.74) is 4.19. The van der Waals surface area contributed by atoms with E-state index in [1.165, 1.54) is 5.56 Å². The zero-order chi connectivity index (χ0) is 27.5. The van der Waals surface area contributed by atoms with Crippen LogP contribution >= 0.6 is 11.6 Å². The Kier molecular flexibility index (Phi) is 7.96. The third-order valence-corrected chi connectivity index (χ3v) is 8.19. The largest absolute Gasteiger partial charge is 0.494 e. The van der Waals surface area contributed by atoms with Crippen molar-refractivity contribution in [3.63, 3.8) is 0 Å². The minimum absolute atomic E-state index is 0.322. The van der Waals surface area contributed by atoms with Crippen molar-refractivity contribution in [3.05, 3.63) is 94.6 Å². The minimum atomic E-state index is -0.372. The van der Waals surface area contributed by atoms with Gasteiger partial charge in [0.25, 0.3) is 0 Å². The Balaban J connectivity index is 1.20. The van der Waals surface area contributed by atoms with Gasteiger partial charge in [0.1, 0.15) is 17.5 Å². The van der Waals surface area contributed by atoms with Crippen molar-refractivity contribution < 1.29 is 14.3 Å². The lowest BCUT2D eigenvalue weighted by atomic mass is 9.92. The fourth-order valence-electron chi connectivity index (χ4n) is 5.75. The Hall–Kier alpha value is -3.52. The van der Waals surface area contributed by atoms with E-state index in [4.69, 9.17) is 21.1 Å². The van der Waals surface area contributed by atoms with Gasteiger partial charge in [-0.05, 0) is 73.5 Å². The highest BCUT2D eigenvalue weighted by Crippen LogP contribution is 2.40. The lowest BCUT2D eigenvalue weighted by Crippen LogP contribution is -2.44. The van der Waals surface area contributed by atoms with Crippen LogP contribution in [-0.4, -0.2) is 78.7 Å². The van der Waals surface area contributed by atoms with Crippen LogP contribution in [0.15, 0.2) is 72.8 Å². The van der Waals surface area contributed by atoms with Gasteiger partial charge in [0.15, 0.2) is 0 Å². The Morgan fingerprint density at radius 1 is 0.950 bits per heavy atom. The molecule has 0 bridgehead atoms. The number of piperazine rings is 1. The van der Waals surface area contributed by atoms with Gasteiger partial charge >= 0.3 is 6.09 Å². The summed E-state index contributed by atoms with van der Waals surface area (Å²) < 4.78 is 11.9. The quantitative estimate of drug-likeness (QED) is 0.283. The lowest BCUT2D eigenvalue weighted by molar-refractivity contribution is 0.135. The molecule has 1 saturated heterocycles. The van der Waals surface area contributed by atoms with Gasteiger partial charge in [0, 0.05) is 60.9 Å². The number of aromatic nitrogens is 1. The van der Waals surface area contributed by atoms with E-state index in [0.29, 0.717) is 30.3 Å². The maximum Gasteiger partial charge on any atom is 0.416 e. The van der Waals surface area contributed by atoms with Crippen LogP contribution in [-0.2, 0) is 6.42 Å². The molecule has 3 heterocycles. The molecule has 6 rings (SSSR count). The normalized spacial score (nSPS) is 18.1. The van der Waals surface area contributed by atoms with Crippen molar-refractivity contribution in [2.75, 3.05) is 52.9 Å². The average molecular weight is 559 g/mol. The highest BCUT2D eigenvalue weighted by Gasteiger charge is 2.35. The molecular formula is C32H35ClN4O3. The number of hydrogen-bond acceptors (Lipinski definition) is 5. The van der Waals surface area contributed by atoms with Crippen LogP contribution in [0.1, 0.15) is 29.3 Å². The first-order valence-corrected chi connectivity index (χ1v) is 14.4. The molecule has 3 aromatic carbocycles. The molecule has 40 heavy (non-hydrogen) atoms. The Morgan fingerprint density at radius 2 is 1.73 bits per heavy atom. The van der Waals surface area contributed by atoms with E-state index in [1.807, 2.05) is 48.5 Å². The molecule has 0 radical (unpaired) electrons. The number of carbonyl (C=O) groups is 1. The molecule has 1 fully saturated rings. The van der Waals surface area contributed by atoms with Crippen molar-refractivity contribution in [2.45, 2.75) is 18.9 Å². The van der Waals surface area contributed by atoms with Gasteiger partial charge in [-0.1, -0.05) is 41.9 Å². The Bertz CT molecular complexity index is 1450. The van der Waals surface area contributed by atoms with Gasteiger partial charge < -0.3 is 24.3 Å². The summed E-state index contributed by atoms with van der Waals surface area (Å²) in [5.74, 6) is 1.36. The molecule has 208 valence electrons. The minimum Gasteiger partial charge on any atom is -0.494 e. The Labute approximate surface area is 240 Å². The third-order valence-electron chi connectivity index (χ3n) is 7.95. The standard InChI is InChI=1S/C32H35ClN4O3/c1-35-17-19-36(20-18-35)15-5-21-39-25-11-8-23(9-12-25)31-30-27(28-22-24(33)10-13-29(28)34-30)14-16-37(31)32(38)40-26-6-3-2-4-7-26/h2-4,6-13,22,31,34H,5,14-21H2,1H3. The molecule has 4 aromatic rings. The van der Waals surface area contributed by atoms with Crippen LogP contribution in [0.4, 0.5) is 4.79 Å². The smallest absolute Gasteiger partial charge is 0.416 e. The number of amides is 1. The summed E-state index contributed by atoms with van der Waals surface area (Å²) in [6, 6.07) is 22.9. The first-order valence-electron chi connectivity index (χ1n) is 14.0. The van der Waals surface area contributed by atoms with E-state index in [-0.39, 0.29) is 12.1 Å². The molecule has 1 unspecified atom stereocenters. The number of ether oxygens (including phenoxy) is 2. The van der Waals surface area contributed by atoms with Gasteiger partial charge in [-0.25, -0.2) is 4.79 Å². The first kappa shape index (κ1) is 26.7. The molecule has 0 aliphatic carbocycles. The molecule has 8 heteroatoms. The molecule has 1 atom stereocenters. The van der Waals surface area contributed by atoms with E-state index < -0.39 is 0 Å². The molecule has 7 nitrogen and oxygen atoms in total. The van der Waals surface area contributed by atoms with E-state index >= 15 is 0 Å². The molecule has 2 aliphatic rings. The van der Waals surface area contributed by atoms with E-state index in [0.717, 1.165) is 67.1 Å². The van der Waals surface area contributed by atoms with Crippen LogP contribution < -0.4 is 9.47 Å². The van der Waals surface area contributed by atoms with Gasteiger partial charge in [-0.3, -0.25) is 4.90 Å². The van der Waals surface area contributed by atoms with E-state index in [2.05, 4.69) is 34.0 Å². The summed E-state index contributed by atoms with van der Waals surface area (Å²) in [7, 11) is 2.18. The second kappa shape index (κ2) is 11.9. The number of nitrogens with one attached hydrogen (secondary N) is 1. The fourth-order valence-corrected chi connectivity index (χ4v) is 5.92. The van der Waals surface area contributed by atoms with E-state index in [9.17, 15) is 4.79 Å². The van der Waals surface area contributed by atoms with Crippen LogP contribution in [0.3, 0.4) is 0 Å². The number of carbonyl (C=O) groups excluding carboxylic acids is 1. The number of likely N-dealkylation sites (N-methyl/N-ethyl adjacent to an activating group) is 1. The molecule has 1 amide bonds. The highest BCUT2D eigenvalue weighted by molar-refractivity contribution is 6.31. The number of aromatic amines is 1. The summed E-state index contributed by atoms with van der Waals surface area (Å²) >= 11 is 6.34. The maximum atomic E-state index is 13.5. The number of hydrogen-bond donors (Lipinski definition) is 1. The number of rotatable bonds is 7. The number of halogens is 1. The molecule has 2 aliphatic heterocycles. The molecule has 0 saturated carbocycles. The predicted molar refractivity (Wildman–Crippen MR) is 159 cm³/mol. The fraction of sp³-hybridized carbons (Fsp3) is 0.344. The highest BCUT2D eigenvalue weighted by atomic mass is 35.5. The Morgan fingerprint density at radius 3 is 2.50 bits per heavy atom. The summed E-state index contributed by atoms with van der Waals surface area (Å²) in [6.07, 6.45) is 1.33. The second-order valence-corrected chi connectivity index (χ2v) is 11.1. The number of fused-ring (bicyclic) bond motifs is 3. The molecule has 1 aromatic heterocycles. The van der Waals surface area contributed by atoms with Crippen LogP contribution in [0.25, 0.3) is 10.9 Å². The third kappa shape index (κ3) is 5.82. The average Bonchev–Trinajstić information content (AvgIpc) is 3.34. The van der Waals surface area contributed by atoms with Crippen molar-refractivity contribution in [2.24, 2.45) is 0 Å². The van der Waals surface area contributed by atoms with Crippen LogP contribution in [0.5, 0.6) is 11.5 Å². The van der Waals surface area contributed by atoms with Crippen molar-refractivity contribution in [1.29, 1.82) is 0 Å². The van der Waals surface area contributed by atoms with Gasteiger partial charge in [-0.15, -0.1) is 0 Å². The summed E-state index contributed by atoms with van der Waals surface area (Å²) in [5, 5.41) is 1.80. The number of benzene rings is 3. The van der Waals surface area contributed by atoms with Crippen LogP contribution in [0, 0.1) is 0 Å². The van der Waals surface area contributed by atoms with Crippen molar-refractivity contribution in [3.8, 4) is 11.5 Å². The van der Waals surface area contributed by atoms with Gasteiger partial charge in [-0.2, -0.15) is 0 Å².